The Kier molecular flexibility index (Phi) is 5.17. The lowest BCUT2D eigenvalue weighted by molar-refractivity contribution is -0.118. The maximum absolute atomic E-state index is 12.1. The van der Waals surface area contributed by atoms with Crippen molar-refractivity contribution in [1.29, 1.82) is 0 Å². The number of rotatable bonds is 5. The highest BCUT2D eigenvalue weighted by Gasteiger charge is 2.12. The molecule has 0 aliphatic rings. The van der Waals surface area contributed by atoms with Crippen LogP contribution >= 0.6 is 0 Å². The van der Waals surface area contributed by atoms with Gasteiger partial charge in [0.2, 0.25) is 5.91 Å². The fourth-order valence-corrected chi connectivity index (χ4v) is 1.64. The van der Waals surface area contributed by atoms with Crippen LogP contribution in [0.25, 0.3) is 0 Å². The topological polar surface area (TPSA) is 87.5 Å². The van der Waals surface area contributed by atoms with E-state index in [1.165, 1.54) is 6.92 Å². The van der Waals surface area contributed by atoms with E-state index in [1.54, 1.807) is 18.2 Å². The highest BCUT2D eigenvalue weighted by molar-refractivity contribution is 6.00. The number of nitrogens with zero attached hydrogens (tertiary/aromatic N) is 1. The van der Waals surface area contributed by atoms with E-state index >= 15 is 0 Å². The SMILES string of the molecule is CC(=O)NCCNC(=O)c1cc(N)ccc1N(C)C. The molecule has 0 aromatic heterocycles. The van der Waals surface area contributed by atoms with Crippen molar-refractivity contribution in [3.63, 3.8) is 0 Å². The van der Waals surface area contributed by atoms with E-state index in [0.29, 0.717) is 24.3 Å². The molecule has 0 unspecified atom stereocenters. The first-order chi connectivity index (χ1) is 8.91. The van der Waals surface area contributed by atoms with Gasteiger partial charge in [-0.3, -0.25) is 9.59 Å². The number of carbonyl (C=O) groups is 2. The highest BCUT2D eigenvalue weighted by Crippen LogP contribution is 2.21. The van der Waals surface area contributed by atoms with E-state index in [1.807, 2.05) is 19.0 Å². The maximum atomic E-state index is 12.1. The molecule has 0 spiro atoms. The van der Waals surface area contributed by atoms with Crippen LogP contribution < -0.4 is 21.3 Å². The first kappa shape index (κ1) is 14.8. The summed E-state index contributed by atoms with van der Waals surface area (Å²) in [6, 6.07) is 5.20. The molecule has 6 nitrogen and oxygen atoms in total. The van der Waals surface area contributed by atoms with Gasteiger partial charge in [-0.25, -0.2) is 0 Å². The minimum absolute atomic E-state index is 0.118. The minimum Gasteiger partial charge on any atom is -0.399 e. The molecule has 0 heterocycles. The van der Waals surface area contributed by atoms with Gasteiger partial charge in [-0.15, -0.1) is 0 Å². The number of amides is 2. The molecule has 19 heavy (non-hydrogen) atoms. The first-order valence-corrected chi connectivity index (χ1v) is 6.01. The van der Waals surface area contributed by atoms with Crippen LogP contribution in [-0.2, 0) is 4.79 Å². The zero-order chi connectivity index (χ0) is 14.4. The Balaban J connectivity index is 2.70. The van der Waals surface area contributed by atoms with Crippen molar-refractivity contribution in [2.75, 3.05) is 37.8 Å². The summed E-state index contributed by atoms with van der Waals surface area (Å²) in [4.78, 5) is 24.6. The Bertz CT molecular complexity index is 472. The van der Waals surface area contributed by atoms with Crippen molar-refractivity contribution < 1.29 is 9.59 Å². The van der Waals surface area contributed by atoms with Gasteiger partial charge in [0.15, 0.2) is 0 Å². The third-order valence-corrected chi connectivity index (χ3v) is 2.53. The van der Waals surface area contributed by atoms with Crippen molar-refractivity contribution in [2.45, 2.75) is 6.92 Å². The third-order valence-electron chi connectivity index (χ3n) is 2.53. The quantitative estimate of drug-likeness (QED) is 0.524. The van der Waals surface area contributed by atoms with E-state index in [2.05, 4.69) is 10.6 Å². The minimum atomic E-state index is -0.207. The maximum Gasteiger partial charge on any atom is 0.253 e. The smallest absolute Gasteiger partial charge is 0.253 e. The van der Waals surface area contributed by atoms with Crippen LogP contribution in [0.3, 0.4) is 0 Å². The number of nitrogens with one attached hydrogen (secondary N) is 2. The number of carbonyl (C=O) groups excluding carboxylic acids is 2. The Hall–Kier alpha value is -2.24. The second kappa shape index (κ2) is 6.63. The normalized spacial score (nSPS) is 9.84. The van der Waals surface area contributed by atoms with Crippen LogP contribution in [0.4, 0.5) is 11.4 Å². The fourth-order valence-electron chi connectivity index (χ4n) is 1.64. The molecule has 1 rings (SSSR count). The van der Waals surface area contributed by atoms with Crippen molar-refractivity contribution in [1.82, 2.24) is 10.6 Å². The molecule has 0 radical (unpaired) electrons. The first-order valence-electron chi connectivity index (χ1n) is 6.01. The van der Waals surface area contributed by atoms with E-state index in [9.17, 15) is 9.59 Å². The largest absolute Gasteiger partial charge is 0.399 e. The van der Waals surface area contributed by atoms with E-state index < -0.39 is 0 Å². The Morgan fingerprint density at radius 1 is 1.21 bits per heavy atom. The molecule has 2 amide bonds. The van der Waals surface area contributed by atoms with E-state index in [-0.39, 0.29) is 11.8 Å². The molecule has 1 aromatic carbocycles. The van der Waals surface area contributed by atoms with Crippen molar-refractivity contribution in [3.8, 4) is 0 Å². The average Bonchev–Trinajstić information content (AvgIpc) is 2.33. The molecular weight excluding hydrogens is 244 g/mol. The molecule has 1 aromatic rings. The summed E-state index contributed by atoms with van der Waals surface area (Å²) in [5.74, 6) is -0.325. The summed E-state index contributed by atoms with van der Waals surface area (Å²) in [5.41, 5.74) is 7.56. The number of anilines is 2. The second-order valence-electron chi connectivity index (χ2n) is 4.41. The Labute approximate surface area is 113 Å². The van der Waals surface area contributed by atoms with Gasteiger partial charge in [-0.05, 0) is 18.2 Å². The standard InChI is InChI=1S/C13H20N4O2/c1-9(18)15-6-7-16-13(19)11-8-10(14)4-5-12(11)17(2)3/h4-5,8H,6-7,14H2,1-3H3,(H,15,18)(H,16,19). The van der Waals surface area contributed by atoms with E-state index in [0.717, 1.165) is 5.69 Å². The monoisotopic (exact) mass is 264 g/mol. The van der Waals surface area contributed by atoms with E-state index in [4.69, 9.17) is 5.73 Å². The van der Waals surface area contributed by atoms with Gasteiger partial charge < -0.3 is 21.3 Å². The van der Waals surface area contributed by atoms with Crippen molar-refractivity contribution in [2.24, 2.45) is 0 Å². The molecule has 0 atom stereocenters. The third kappa shape index (κ3) is 4.50. The van der Waals surface area contributed by atoms with Gasteiger partial charge in [0.05, 0.1) is 5.56 Å². The molecule has 6 heteroatoms. The Morgan fingerprint density at radius 3 is 2.42 bits per heavy atom. The van der Waals surface area contributed by atoms with Gasteiger partial charge >= 0.3 is 0 Å². The summed E-state index contributed by atoms with van der Waals surface area (Å²) in [6.45, 7) is 2.21. The van der Waals surface area contributed by atoms with Crippen molar-refractivity contribution >= 4 is 23.2 Å². The highest BCUT2D eigenvalue weighted by atomic mass is 16.2. The number of hydrogen-bond donors (Lipinski definition) is 3. The van der Waals surface area contributed by atoms with Crippen LogP contribution in [0.1, 0.15) is 17.3 Å². The molecule has 0 saturated carbocycles. The van der Waals surface area contributed by atoms with Crippen LogP contribution in [0.15, 0.2) is 18.2 Å². The Morgan fingerprint density at radius 2 is 1.84 bits per heavy atom. The molecule has 104 valence electrons. The van der Waals surface area contributed by atoms with Gasteiger partial charge in [-0.1, -0.05) is 0 Å². The average molecular weight is 264 g/mol. The van der Waals surface area contributed by atoms with Gasteiger partial charge in [0.1, 0.15) is 0 Å². The van der Waals surface area contributed by atoms with Crippen LogP contribution in [0, 0.1) is 0 Å². The van der Waals surface area contributed by atoms with Gasteiger partial charge in [0.25, 0.3) is 5.91 Å². The predicted molar refractivity (Wildman–Crippen MR) is 76.2 cm³/mol. The fraction of sp³-hybridized carbons (Fsp3) is 0.385. The van der Waals surface area contributed by atoms with Gasteiger partial charge in [0, 0.05) is 45.5 Å². The summed E-state index contributed by atoms with van der Waals surface area (Å²) in [5, 5.41) is 5.35. The molecule has 0 aliphatic heterocycles. The predicted octanol–water partition coefficient (Wildman–Crippen LogP) is 0.201. The van der Waals surface area contributed by atoms with Crippen LogP contribution in [0.5, 0.6) is 0 Å². The lowest BCUT2D eigenvalue weighted by atomic mass is 10.1. The number of hydrogen-bond acceptors (Lipinski definition) is 4. The molecule has 4 N–H and O–H groups in total. The summed E-state index contributed by atoms with van der Waals surface area (Å²) < 4.78 is 0. The zero-order valence-electron chi connectivity index (χ0n) is 11.5. The molecular formula is C13H20N4O2. The molecule has 0 saturated heterocycles. The second-order valence-corrected chi connectivity index (χ2v) is 4.41. The van der Waals surface area contributed by atoms with Crippen molar-refractivity contribution in [3.05, 3.63) is 23.8 Å². The number of nitrogens with two attached hydrogens (primary N) is 1. The summed E-state index contributed by atoms with van der Waals surface area (Å²) in [6.07, 6.45) is 0. The van der Waals surface area contributed by atoms with Gasteiger partial charge in [-0.2, -0.15) is 0 Å². The summed E-state index contributed by atoms with van der Waals surface area (Å²) in [7, 11) is 3.72. The van der Waals surface area contributed by atoms with Crippen LogP contribution in [-0.4, -0.2) is 39.0 Å². The lowest BCUT2D eigenvalue weighted by Gasteiger charge is -2.17. The number of nitrogen functional groups attached to an aromatic ring is 1. The van der Waals surface area contributed by atoms with Crippen LogP contribution in [0.2, 0.25) is 0 Å². The molecule has 0 fully saturated rings. The molecule has 0 aliphatic carbocycles. The molecule has 0 bridgehead atoms. The summed E-state index contributed by atoms with van der Waals surface area (Å²) >= 11 is 0. The zero-order valence-corrected chi connectivity index (χ0v) is 11.5. The lowest BCUT2D eigenvalue weighted by Crippen LogP contribution is -2.34. The number of benzene rings is 1.